The molecule has 134 valence electrons. The molecule has 1 heterocycles. The molecular weight excluding hydrogens is 304 g/mol. The van der Waals surface area contributed by atoms with Crippen molar-refractivity contribution >= 4 is 5.91 Å². The summed E-state index contributed by atoms with van der Waals surface area (Å²) in [5.74, 6) is 2.08. The van der Waals surface area contributed by atoms with Crippen LogP contribution in [0.1, 0.15) is 45.2 Å². The molecule has 0 aromatic heterocycles. The van der Waals surface area contributed by atoms with Crippen LogP contribution in [-0.2, 0) is 4.79 Å². The molecule has 0 bridgehead atoms. The van der Waals surface area contributed by atoms with Gasteiger partial charge in [0.15, 0.2) is 11.5 Å². The van der Waals surface area contributed by atoms with Crippen LogP contribution in [0.5, 0.6) is 11.5 Å². The summed E-state index contributed by atoms with van der Waals surface area (Å²) in [4.78, 5) is 12.4. The zero-order valence-electron chi connectivity index (χ0n) is 15.2. The van der Waals surface area contributed by atoms with Crippen molar-refractivity contribution in [2.75, 3.05) is 26.8 Å². The lowest BCUT2D eigenvalue weighted by Gasteiger charge is -2.24. The quantitative estimate of drug-likeness (QED) is 0.805. The lowest BCUT2D eigenvalue weighted by atomic mass is 9.98. The predicted octanol–water partition coefficient (Wildman–Crippen LogP) is 2.91. The summed E-state index contributed by atoms with van der Waals surface area (Å²) in [6.45, 7) is 8.64. The van der Waals surface area contributed by atoms with Gasteiger partial charge in [0, 0.05) is 6.54 Å². The number of hydrogen-bond acceptors (Lipinski definition) is 4. The van der Waals surface area contributed by atoms with Gasteiger partial charge in [-0.2, -0.15) is 0 Å². The Bertz CT molecular complexity index is 539. The first-order valence-corrected chi connectivity index (χ1v) is 8.83. The number of piperidine rings is 1. The van der Waals surface area contributed by atoms with Crippen molar-refractivity contribution in [1.82, 2.24) is 10.6 Å². The van der Waals surface area contributed by atoms with Gasteiger partial charge in [-0.05, 0) is 49.9 Å². The number of methoxy groups -OCH3 is 1. The molecule has 5 heteroatoms. The summed E-state index contributed by atoms with van der Waals surface area (Å²) in [6, 6.07) is 5.79. The Morgan fingerprint density at radius 3 is 2.75 bits per heavy atom. The van der Waals surface area contributed by atoms with Gasteiger partial charge in [0.2, 0.25) is 5.91 Å². The van der Waals surface area contributed by atoms with E-state index in [1.807, 2.05) is 25.1 Å². The molecule has 1 aromatic carbocycles. The Labute approximate surface area is 145 Å². The van der Waals surface area contributed by atoms with E-state index in [4.69, 9.17) is 9.47 Å². The molecule has 0 radical (unpaired) electrons. The van der Waals surface area contributed by atoms with E-state index in [1.165, 1.54) is 0 Å². The highest BCUT2D eigenvalue weighted by Crippen LogP contribution is 2.30. The van der Waals surface area contributed by atoms with Crippen LogP contribution in [0, 0.1) is 11.8 Å². The Hall–Kier alpha value is -1.75. The Morgan fingerprint density at radius 2 is 2.12 bits per heavy atom. The lowest BCUT2D eigenvalue weighted by Crippen LogP contribution is -2.41. The van der Waals surface area contributed by atoms with E-state index in [-0.39, 0.29) is 17.9 Å². The molecule has 1 aliphatic heterocycles. The molecule has 1 fully saturated rings. The maximum absolute atomic E-state index is 12.4. The van der Waals surface area contributed by atoms with Crippen LogP contribution in [0.4, 0.5) is 0 Å². The summed E-state index contributed by atoms with van der Waals surface area (Å²) in [5.41, 5.74) is 1.01. The van der Waals surface area contributed by atoms with E-state index in [1.54, 1.807) is 7.11 Å². The summed E-state index contributed by atoms with van der Waals surface area (Å²) in [6.07, 6.45) is 2.01. The fraction of sp³-hybridized carbons (Fsp3) is 0.632. The first-order chi connectivity index (χ1) is 11.5. The van der Waals surface area contributed by atoms with Gasteiger partial charge in [0.25, 0.3) is 0 Å². The zero-order valence-corrected chi connectivity index (χ0v) is 15.2. The van der Waals surface area contributed by atoms with Gasteiger partial charge in [-0.15, -0.1) is 0 Å². The van der Waals surface area contributed by atoms with Crippen LogP contribution >= 0.6 is 0 Å². The SMILES string of the molecule is COc1cc(C(C)NC(=O)C2CCCNC2)ccc1OCC(C)C. The first-order valence-electron chi connectivity index (χ1n) is 8.83. The number of ether oxygens (including phenoxy) is 2. The maximum Gasteiger partial charge on any atom is 0.224 e. The van der Waals surface area contributed by atoms with Crippen LogP contribution < -0.4 is 20.1 Å². The van der Waals surface area contributed by atoms with Crippen molar-refractivity contribution < 1.29 is 14.3 Å². The fourth-order valence-electron chi connectivity index (χ4n) is 2.82. The number of rotatable bonds is 7. The van der Waals surface area contributed by atoms with E-state index in [2.05, 4.69) is 24.5 Å². The van der Waals surface area contributed by atoms with Gasteiger partial charge in [-0.3, -0.25) is 4.79 Å². The second-order valence-corrected chi connectivity index (χ2v) is 6.89. The van der Waals surface area contributed by atoms with E-state index in [0.717, 1.165) is 37.2 Å². The van der Waals surface area contributed by atoms with Gasteiger partial charge in [-0.1, -0.05) is 19.9 Å². The van der Waals surface area contributed by atoms with Crippen molar-refractivity contribution in [2.45, 2.75) is 39.7 Å². The van der Waals surface area contributed by atoms with Gasteiger partial charge in [0.05, 0.1) is 25.7 Å². The van der Waals surface area contributed by atoms with Crippen molar-refractivity contribution in [2.24, 2.45) is 11.8 Å². The van der Waals surface area contributed by atoms with E-state index < -0.39 is 0 Å². The van der Waals surface area contributed by atoms with Gasteiger partial charge in [-0.25, -0.2) is 0 Å². The molecule has 2 atom stereocenters. The molecule has 1 amide bonds. The maximum atomic E-state index is 12.4. The molecule has 5 nitrogen and oxygen atoms in total. The van der Waals surface area contributed by atoms with Crippen LogP contribution in [-0.4, -0.2) is 32.7 Å². The molecule has 0 saturated carbocycles. The molecule has 2 N–H and O–H groups in total. The number of carbonyl (C=O) groups is 1. The van der Waals surface area contributed by atoms with E-state index >= 15 is 0 Å². The smallest absolute Gasteiger partial charge is 0.224 e. The average molecular weight is 334 g/mol. The van der Waals surface area contributed by atoms with Crippen LogP contribution in [0.25, 0.3) is 0 Å². The molecule has 24 heavy (non-hydrogen) atoms. The highest BCUT2D eigenvalue weighted by Gasteiger charge is 2.22. The number of carbonyl (C=O) groups excluding carboxylic acids is 1. The monoisotopic (exact) mass is 334 g/mol. The van der Waals surface area contributed by atoms with Gasteiger partial charge < -0.3 is 20.1 Å². The molecule has 0 aliphatic carbocycles. The molecule has 0 spiro atoms. The second kappa shape index (κ2) is 8.92. The van der Waals surface area contributed by atoms with Crippen LogP contribution in [0.3, 0.4) is 0 Å². The third-order valence-electron chi connectivity index (χ3n) is 4.29. The molecule has 1 aliphatic rings. The minimum atomic E-state index is -0.0625. The number of amides is 1. The van der Waals surface area contributed by atoms with Crippen LogP contribution in [0.2, 0.25) is 0 Å². The van der Waals surface area contributed by atoms with E-state index in [9.17, 15) is 4.79 Å². The molecule has 2 rings (SSSR count). The number of benzene rings is 1. The van der Waals surface area contributed by atoms with E-state index in [0.29, 0.717) is 18.3 Å². The van der Waals surface area contributed by atoms with Crippen molar-refractivity contribution in [3.63, 3.8) is 0 Å². The lowest BCUT2D eigenvalue weighted by molar-refractivity contribution is -0.126. The Kier molecular flexibility index (Phi) is 6.91. The second-order valence-electron chi connectivity index (χ2n) is 6.89. The average Bonchev–Trinajstić information content (AvgIpc) is 2.60. The topological polar surface area (TPSA) is 59.6 Å². The molecular formula is C19H30N2O3. The van der Waals surface area contributed by atoms with Gasteiger partial charge in [0.1, 0.15) is 0 Å². The van der Waals surface area contributed by atoms with Crippen molar-refractivity contribution in [1.29, 1.82) is 0 Å². The van der Waals surface area contributed by atoms with Crippen LogP contribution in [0.15, 0.2) is 18.2 Å². The minimum absolute atomic E-state index is 0.0625. The number of nitrogens with one attached hydrogen (secondary N) is 2. The van der Waals surface area contributed by atoms with Crippen molar-refractivity contribution in [3.05, 3.63) is 23.8 Å². The summed E-state index contributed by atoms with van der Waals surface area (Å²) in [5, 5.41) is 6.39. The molecule has 1 aromatic rings. The summed E-state index contributed by atoms with van der Waals surface area (Å²) >= 11 is 0. The standard InChI is InChI=1S/C19H30N2O3/c1-13(2)12-24-17-8-7-15(10-18(17)23-4)14(3)21-19(22)16-6-5-9-20-11-16/h7-8,10,13-14,16,20H,5-6,9,11-12H2,1-4H3,(H,21,22). The largest absolute Gasteiger partial charge is 0.493 e. The highest BCUT2D eigenvalue weighted by atomic mass is 16.5. The van der Waals surface area contributed by atoms with Crippen molar-refractivity contribution in [3.8, 4) is 11.5 Å². The van der Waals surface area contributed by atoms with Gasteiger partial charge >= 0.3 is 0 Å². The third kappa shape index (κ3) is 5.13. The normalized spacial score (nSPS) is 19.0. The molecule has 1 saturated heterocycles. The molecule has 2 unspecified atom stereocenters. The number of hydrogen-bond donors (Lipinski definition) is 2. The first kappa shape index (κ1) is 18.6. The third-order valence-corrected chi connectivity index (χ3v) is 4.29. The predicted molar refractivity (Wildman–Crippen MR) is 95.5 cm³/mol. The zero-order chi connectivity index (χ0) is 17.5. The highest BCUT2D eigenvalue weighted by molar-refractivity contribution is 5.79. The Balaban J connectivity index is 2.00. The minimum Gasteiger partial charge on any atom is -0.493 e. The summed E-state index contributed by atoms with van der Waals surface area (Å²) < 4.78 is 11.2. The Morgan fingerprint density at radius 1 is 1.33 bits per heavy atom. The fourth-order valence-corrected chi connectivity index (χ4v) is 2.82. The summed E-state index contributed by atoms with van der Waals surface area (Å²) in [7, 11) is 1.64.